The van der Waals surface area contributed by atoms with Crippen LogP contribution >= 0.6 is 0 Å². The second kappa shape index (κ2) is 5.05. The predicted octanol–water partition coefficient (Wildman–Crippen LogP) is 4.37. The summed E-state index contributed by atoms with van der Waals surface area (Å²) in [5.74, 6) is 0.645. The second-order valence-corrected chi connectivity index (χ2v) is 6.14. The van der Waals surface area contributed by atoms with Gasteiger partial charge in [0.05, 0.1) is 0 Å². The first-order valence-corrected chi connectivity index (χ1v) is 7.36. The molecule has 1 aliphatic carbocycles. The minimum absolute atomic E-state index is 0.0878. The van der Waals surface area contributed by atoms with Crippen LogP contribution in [0.25, 0.3) is 0 Å². The zero-order chi connectivity index (χ0) is 13.3. The molecule has 0 saturated heterocycles. The van der Waals surface area contributed by atoms with Gasteiger partial charge in [0.25, 0.3) is 0 Å². The topological polar surface area (TPSA) is 26.0 Å². The number of nitrogens with two attached hydrogens (primary N) is 1. The van der Waals surface area contributed by atoms with Gasteiger partial charge < -0.3 is 5.73 Å². The van der Waals surface area contributed by atoms with E-state index in [1.54, 1.807) is 0 Å². The van der Waals surface area contributed by atoms with Crippen molar-refractivity contribution in [3.63, 3.8) is 0 Å². The molecule has 1 heteroatoms. The molecule has 1 aromatic carbocycles. The average Bonchev–Trinajstić information content (AvgIpc) is 2.34. The maximum absolute atomic E-state index is 6.85. The normalized spacial score (nSPS) is 28.4. The lowest BCUT2D eigenvalue weighted by atomic mass is 9.67. The molecule has 0 heterocycles. The molecule has 0 radical (unpaired) electrons. The van der Waals surface area contributed by atoms with Crippen molar-refractivity contribution in [2.75, 3.05) is 0 Å². The Labute approximate surface area is 112 Å². The molecule has 1 nitrogen and oxygen atoms in total. The molecule has 2 N–H and O–H groups in total. The van der Waals surface area contributed by atoms with E-state index in [-0.39, 0.29) is 5.54 Å². The molecule has 1 aromatic rings. The highest BCUT2D eigenvalue weighted by Gasteiger charge is 2.38. The first-order valence-electron chi connectivity index (χ1n) is 7.36. The Balaban J connectivity index is 2.48. The van der Waals surface area contributed by atoms with E-state index in [1.807, 2.05) is 0 Å². The van der Waals surface area contributed by atoms with Crippen LogP contribution in [0.2, 0.25) is 0 Å². The van der Waals surface area contributed by atoms with Gasteiger partial charge in [-0.1, -0.05) is 38.3 Å². The maximum Gasteiger partial charge on any atom is 0.0440 e. The van der Waals surface area contributed by atoms with Crippen LogP contribution in [0, 0.1) is 26.7 Å². The van der Waals surface area contributed by atoms with Gasteiger partial charge in [0, 0.05) is 5.54 Å². The summed E-state index contributed by atoms with van der Waals surface area (Å²) in [7, 11) is 0. The largest absolute Gasteiger partial charge is 0.321 e. The molecule has 100 valence electrons. The van der Waals surface area contributed by atoms with Gasteiger partial charge in [-0.05, 0) is 61.8 Å². The van der Waals surface area contributed by atoms with Crippen molar-refractivity contribution < 1.29 is 0 Å². The van der Waals surface area contributed by atoms with Crippen molar-refractivity contribution in [1.82, 2.24) is 0 Å². The minimum atomic E-state index is -0.0878. The highest BCUT2D eigenvalue weighted by molar-refractivity contribution is 5.41. The number of hydrogen-bond acceptors (Lipinski definition) is 1. The summed E-state index contributed by atoms with van der Waals surface area (Å²) < 4.78 is 0. The Morgan fingerprint density at radius 2 is 1.78 bits per heavy atom. The van der Waals surface area contributed by atoms with Gasteiger partial charge in [-0.25, -0.2) is 0 Å². The number of rotatable bonds is 2. The van der Waals surface area contributed by atoms with Crippen LogP contribution in [0.3, 0.4) is 0 Å². The van der Waals surface area contributed by atoms with Crippen LogP contribution < -0.4 is 5.73 Å². The number of hydrogen-bond donors (Lipinski definition) is 1. The zero-order valence-electron chi connectivity index (χ0n) is 12.3. The van der Waals surface area contributed by atoms with Gasteiger partial charge in [0.1, 0.15) is 0 Å². The maximum atomic E-state index is 6.85. The smallest absolute Gasteiger partial charge is 0.0440 e. The van der Waals surface area contributed by atoms with Crippen molar-refractivity contribution >= 4 is 0 Å². The van der Waals surface area contributed by atoms with Crippen LogP contribution in [-0.4, -0.2) is 0 Å². The standard InChI is InChI=1S/C17H27N/c1-5-15-8-6-7-9-17(15,18)16-11-13(3)12(2)10-14(16)4/h10-11,15H,5-9,18H2,1-4H3. The molecule has 0 aliphatic heterocycles. The molecular formula is C17H27N. The summed E-state index contributed by atoms with van der Waals surface area (Å²) in [4.78, 5) is 0. The lowest BCUT2D eigenvalue weighted by Crippen LogP contribution is -2.46. The number of aryl methyl sites for hydroxylation is 3. The van der Waals surface area contributed by atoms with Crippen LogP contribution in [-0.2, 0) is 5.54 Å². The average molecular weight is 245 g/mol. The van der Waals surface area contributed by atoms with Gasteiger partial charge in [-0.2, -0.15) is 0 Å². The van der Waals surface area contributed by atoms with Gasteiger partial charge in [-0.15, -0.1) is 0 Å². The molecule has 1 fully saturated rings. The zero-order valence-corrected chi connectivity index (χ0v) is 12.3. The fourth-order valence-corrected chi connectivity index (χ4v) is 3.65. The lowest BCUT2D eigenvalue weighted by molar-refractivity contribution is 0.183. The first kappa shape index (κ1) is 13.6. The summed E-state index contributed by atoms with van der Waals surface area (Å²) in [5.41, 5.74) is 12.3. The fraction of sp³-hybridized carbons (Fsp3) is 0.647. The van der Waals surface area contributed by atoms with Crippen LogP contribution in [0.4, 0.5) is 0 Å². The Kier molecular flexibility index (Phi) is 3.82. The lowest BCUT2D eigenvalue weighted by Gasteiger charge is -2.42. The first-order chi connectivity index (χ1) is 8.49. The van der Waals surface area contributed by atoms with Gasteiger partial charge in [-0.3, -0.25) is 0 Å². The third kappa shape index (κ3) is 2.21. The van der Waals surface area contributed by atoms with Crippen molar-refractivity contribution in [3.05, 3.63) is 34.4 Å². The molecule has 0 bridgehead atoms. The quantitative estimate of drug-likeness (QED) is 0.823. The van der Waals surface area contributed by atoms with E-state index in [0.29, 0.717) is 5.92 Å². The van der Waals surface area contributed by atoms with Crippen LogP contribution in [0.5, 0.6) is 0 Å². The Morgan fingerprint density at radius 1 is 1.11 bits per heavy atom. The SMILES string of the molecule is CCC1CCCCC1(N)c1cc(C)c(C)cc1C. The Morgan fingerprint density at radius 3 is 2.44 bits per heavy atom. The highest BCUT2D eigenvalue weighted by Crippen LogP contribution is 2.42. The minimum Gasteiger partial charge on any atom is -0.321 e. The molecule has 2 rings (SSSR count). The molecule has 0 aromatic heterocycles. The highest BCUT2D eigenvalue weighted by atomic mass is 14.8. The van der Waals surface area contributed by atoms with Crippen LogP contribution in [0.15, 0.2) is 12.1 Å². The summed E-state index contributed by atoms with van der Waals surface area (Å²) in [5, 5.41) is 0. The molecule has 2 unspecified atom stereocenters. The van der Waals surface area contributed by atoms with Gasteiger partial charge >= 0.3 is 0 Å². The van der Waals surface area contributed by atoms with Gasteiger partial charge in [0.15, 0.2) is 0 Å². The Bertz CT molecular complexity index is 435. The third-order valence-corrected chi connectivity index (χ3v) is 4.96. The summed E-state index contributed by atoms with van der Waals surface area (Å²) in [6.45, 7) is 8.89. The molecule has 1 saturated carbocycles. The molecule has 0 spiro atoms. The second-order valence-electron chi connectivity index (χ2n) is 6.14. The molecular weight excluding hydrogens is 218 g/mol. The fourth-order valence-electron chi connectivity index (χ4n) is 3.65. The van der Waals surface area contributed by atoms with E-state index in [2.05, 4.69) is 39.8 Å². The summed E-state index contributed by atoms with van der Waals surface area (Å²) in [6, 6.07) is 4.65. The number of benzene rings is 1. The predicted molar refractivity (Wildman–Crippen MR) is 78.8 cm³/mol. The van der Waals surface area contributed by atoms with E-state index in [0.717, 1.165) is 6.42 Å². The van der Waals surface area contributed by atoms with Crippen LogP contribution in [0.1, 0.15) is 61.3 Å². The van der Waals surface area contributed by atoms with E-state index in [1.165, 1.54) is 47.9 Å². The van der Waals surface area contributed by atoms with Gasteiger partial charge in [0.2, 0.25) is 0 Å². The van der Waals surface area contributed by atoms with Crippen molar-refractivity contribution in [3.8, 4) is 0 Å². The summed E-state index contributed by atoms with van der Waals surface area (Å²) >= 11 is 0. The molecule has 1 aliphatic rings. The summed E-state index contributed by atoms with van der Waals surface area (Å²) in [6.07, 6.45) is 6.26. The van der Waals surface area contributed by atoms with E-state index < -0.39 is 0 Å². The monoisotopic (exact) mass is 245 g/mol. The molecule has 2 atom stereocenters. The molecule has 18 heavy (non-hydrogen) atoms. The molecule has 0 amide bonds. The van der Waals surface area contributed by atoms with Crippen molar-refractivity contribution in [1.29, 1.82) is 0 Å². The van der Waals surface area contributed by atoms with E-state index >= 15 is 0 Å². The van der Waals surface area contributed by atoms with Crippen molar-refractivity contribution in [2.24, 2.45) is 11.7 Å². The Hall–Kier alpha value is -0.820. The third-order valence-electron chi connectivity index (χ3n) is 4.96. The van der Waals surface area contributed by atoms with E-state index in [9.17, 15) is 0 Å². The van der Waals surface area contributed by atoms with Crippen molar-refractivity contribution in [2.45, 2.75) is 65.3 Å². The van der Waals surface area contributed by atoms with E-state index in [4.69, 9.17) is 5.73 Å².